The Labute approximate surface area is 234 Å². The first kappa shape index (κ1) is 30.1. The number of likely N-dealkylation sites (tertiary alicyclic amines) is 1. The van der Waals surface area contributed by atoms with E-state index in [2.05, 4.69) is 27.1 Å². The number of rotatable bonds is 13. The number of aromatic amines is 1. The minimum atomic E-state index is -4.49. The van der Waals surface area contributed by atoms with E-state index in [0.29, 0.717) is 36.5 Å². The molecule has 40 heavy (non-hydrogen) atoms. The van der Waals surface area contributed by atoms with E-state index >= 15 is 0 Å². The first-order valence-corrected chi connectivity index (χ1v) is 14.4. The number of halogens is 3. The molecular weight excluding hydrogens is 521 g/mol. The molecule has 0 bridgehead atoms. The molecule has 2 aliphatic rings. The Balaban J connectivity index is 1.49. The molecule has 1 aromatic carbocycles. The molecule has 10 heteroatoms. The number of methoxy groups -OCH3 is 1. The van der Waals surface area contributed by atoms with E-state index in [1.165, 1.54) is 19.4 Å². The number of piperidine rings is 1. The van der Waals surface area contributed by atoms with Crippen LogP contribution in [0.25, 0.3) is 11.3 Å². The van der Waals surface area contributed by atoms with Gasteiger partial charge in [0.15, 0.2) is 0 Å². The predicted octanol–water partition coefficient (Wildman–Crippen LogP) is 6.31. The molecule has 2 N–H and O–H groups in total. The first-order valence-electron chi connectivity index (χ1n) is 14.4. The van der Waals surface area contributed by atoms with Crippen LogP contribution in [0.5, 0.6) is 5.75 Å². The summed E-state index contributed by atoms with van der Waals surface area (Å²) >= 11 is 0. The van der Waals surface area contributed by atoms with Crippen molar-refractivity contribution in [3.05, 3.63) is 35.8 Å². The number of hydrogen-bond donors (Lipinski definition) is 2. The fourth-order valence-corrected chi connectivity index (χ4v) is 5.90. The number of hydrogen-bond acceptors (Lipinski definition) is 5. The molecule has 2 heterocycles. The summed E-state index contributed by atoms with van der Waals surface area (Å²) in [7, 11) is 1.41. The number of nitrogens with one attached hydrogen (secondary N) is 2. The van der Waals surface area contributed by atoms with Gasteiger partial charge in [0.05, 0.1) is 30.6 Å². The molecule has 4 rings (SSSR count). The standard InChI is InChI=1S/C30H41F3N4O3/c1-4-21(38)9-7-6-8-10-24(36-28(39)23-18-29(23)13-15-37(5-2)16-14-29)27-34-19-25(35-27)22-17-20(30(31,32)33)11-12-26(22)40-3/h11-12,17,19,23-24H,4-10,13-16,18H2,1-3H3,(H,34,35)(H,36,39)/t23-,24+/m1/s1. The fourth-order valence-electron chi connectivity index (χ4n) is 5.90. The van der Waals surface area contributed by atoms with Crippen LogP contribution in [0.2, 0.25) is 0 Å². The molecule has 1 amide bonds. The van der Waals surface area contributed by atoms with E-state index in [1.807, 2.05) is 6.92 Å². The molecule has 220 valence electrons. The summed E-state index contributed by atoms with van der Waals surface area (Å²) in [6.45, 7) is 7.07. The molecule has 0 radical (unpaired) electrons. The molecule has 0 unspecified atom stereocenters. The second-order valence-corrected chi connectivity index (χ2v) is 11.2. The largest absolute Gasteiger partial charge is 0.496 e. The topological polar surface area (TPSA) is 87.3 Å². The molecule has 1 saturated carbocycles. The van der Waals surface area contributed by atoms with Gasteiger partial charge in [-0.15, -0.1) is 0 Å². The third-order valence-corrected chi connectivity index (χ3v) is 8.71. The minimum Gasteiger partial charge on any atom is -0.496 e. The number of nitrogens with zero attached hydrogens (tertiary/aromatic N) is 2. The van der Waals surface area contributed by atoms with Crippen LogP contribution in [-0.4, -0.2) is 53.3 Å². The zero-order valence-corrected chi connectivity index (χ0v) is 23.7. The Morgan fingerprint density at radius 2 is 1.95 bits per heavy atom. The Bertz CT molecular complexity index is 1170. The summed E-state index contributed by atoms with van der Waals surface area (Å²) in [5, 5.41) is 3.21. The van der Waals surface area contributed by atoms with Gasteiger partial charge in [-0.25, -0.2) is 4.98 Å². The average molecular weight is 563 g/mol. The maximum absolute atomic E-state index is 13.4. The summed E-state index contributed by atoms with van der Waals surface area (Å²) < 4.78 is 45.5. The molecule has 1 aliphatic heterocycles. The van der Waals surface area contributed by atoms with Crippen molar-refractivity contribution in [2.24, 2.45) is 11.3 Å². The van der Waals surface area contributed by atoms with Crippen molar-refractivity contribution in [3.63, 3.8) is 0 Å². The second-order valence-electron chi connectivity index (χ2n) is 11.2. The number of carbonyl (C=O) groups excluding carboxylic acids is 2. The van der Waals surface area contributed by atoms with E-state index in [-0.39, 0.29) is 28.6 Å². The third-order valence-electron chi connectivity index (χ3n) is 8.71. The number of benzene rings is 1. The average Bonchev–Trinajstić information content (AvgIpc) is 3.42. The number of H-pyrrole nitrogens is 1. The number of carbonyl (C=O) groups is 2. The Hall–Kier alpha value is -2.88. The van der Waals surface area contributed by atoms with Gasteiger partial charge in [0.25, 0.3) is 0 Å². The van der Waals surface area contributed by atoms with Gasteiger partial charge >= 0.3 is 6.18 Å². The zero-order chi connectivity index (χ0) is 28.9. The maximum Gasteiger partial charge on any atom is 0.416 e. The van der Waals surface area contributed by atoms with Crippen LogP contribution in [0.15, 0.2) is 24.4 Å². The van der Waals surface area contributed by atoms with Crippen molar-refractivity contribution in [1.29, 1.82) is 0 Å². The molecule has 1 aliphatic carbocycles. The van der Waals surface area contributed by atoms with E-state index in [0.717, 1.165) is 70.3 Å². The molecule has 2 aromatic rings. The highest BCUT2D eigenvalue weighted by atomic mass is 19.4. The number of aromatic nitrogens is 2. The Kier molecular flexibility index (Phi) is 9.59. The van der Waals surface area contributed by atoms with Crippen molar-refractivity contribution in [2.45, 2.75) is 83.9 Å². The molecule has 1 spiro atoms. The van der Waals surface area contributed by atoms with E-state index in [4.69, 9.17) is 4.74 Å². The smallest absolute Gasteiger partial charge is 0.416 e. The van der Waals surface area contributed by atoms with E-state index < -0.39 is 17.8 Å². The SMILES string of the molecule is CCC(=O)CCCCC[C@H](NC(=O)[C@H]1CC12CCN(CC)CC2)c1ncc(-c2cc(C(F)(F)F)ccc2OC)[nH]1. The van der Waals surface area contributed by atoms with Crippen molar-refractivity contribution in [2.75, 3.05) is 26.7 Å². The summed E-state index contributed by atoms with van der Waals surface area (Å²) in [5.41, 5.74) is -0.0525. The lowest BCUT2D eigenvalue weighted by Gasteiger charge is -2.32. The lowest BCUT2D eigenvalue weighted by atomic mass is 9.90. The highest BCUT2D eigenvalue weighted by Crippen LogP contribution is 2.59. The number of ether oxygens (including phenoxy) is 1. The quantitative estimate of drug-likeness (QED) is 0.279. The second kappa shape index (κ2) is 12.7. The van der Waals surface area contributed by atoms with Gasteiger partial charge < -0.3 is 19.9 Å². The lowest BCUT2D eigenvalue weighted by Crippen LogP contribution is -2.37. The molecule has 1 saturated heterocycles. The van der Waals surface area contributed by atoms with Crippen LogP contribution in [0, 0.1) is 11.3 Å². The normalized spacial score (nSPS) is 19.4. The van der Waals surface area contributed by atoms with Gasteiger partial charge in [-0.1, -0.05) is 26.7 Å². The van der Waals surface area contributed by atoms with Crippen LogP contribution in [0.1, 0.15) is 89.1 Å². The Morgan fingerprint density at radius 3 is 2.60 bits per heavy atom. The number of imidazole rings is 1. The number of ketones is 1. The molecular formula is C30H41F3N4O3. The van der Waals surface area contributed by atoms with Crippen molar-refractivity contribution in [3.8, 4) is 17.0 Å². The summed E-state index contributed by atoms with van der Waals surface area (Å²) in [6, 6.07) is 2.92. The van der Waals surface area contributed by atoms with Crippen LogP contribution in [0.3, 0.4) is 0 Å². The number of amides is 1. The molecule has 2 atom stereocenters. The third kappa shape index (κ3) is 7.06. The van der Waals surface area contributed by atoms with Gasteiger partial charge in [-0.05, 0) is 75.4 Å². The predicted molar refractivity (Wildman–Crippen MR) is 147 cm³/mol. The van der Waals surface area contributed by atoms with Crippen molar-refractivity contribution >= 4 is 11.7 Å². The van der Waals surface area contributed by atoms with Crippen LogP contribution < -0.4 is 10.1 Å². The van der Waals surface area contributed by atoms with Crippen LogP contribution in [-0.2, 0) is 15.8 Å². The number of unbranched alkanes of at least 4 members (excludes halogenated alkanes) is 2. The summed E-state index contributed by atoms with van der Waals surface area (Å²) in [6.07, 6.45) is 4.05. The zero-order valence-electron chi connectivity index (χ0n) is 23.7. The van der Waals surface area contributed by atoms with Crippen molar-refractivity contribution < 1.29 is 27.5 Å². The van der Waals surface area contributed by atoms with Crippen molar-refractivity contribution in [1.82, 2.24) is 20.2 Å². The van der Waals surface area contributed by atoms with Crippen LogP contribution in [0.4, 0.5) is 13.2 Å². The van der Waals surface area contributed by atoms with Gasteiger partial charge in [0, 0.05) is 24.3 Å². The Morgan fingerprint density at radius 1 is 1.20 bits per heavy atom. The molecule has 2 fully saturated rings. The summed E-state index contributed by atoms with van der Waals surface area (Å²) in [4.78, 5) is 35.1. The van der Waals surface area contributed by atoms with E-state index in [9.17, 15) is 22.8 Å². The van der Waals surface area contributed by atoms with E-state index in [1.54, 1.807) is 0 Å². The minimum absolute atomic E-state index is 0.0192. The van der Waals surface area contributed by atoms with Gasteiger partial charge in [0.1, 0.15) is 17.4 Å². The monoisotopic (exact) mass is 562 g/mol. The lowest BCUT2D eigenvalue weighted by molar-refractivity contribution is -0.137. The molecule has 1 aromatic heterocycles. The fraction of sp³-hybridized carbons (Fsp3) is 0.633. The van der Waals surface area contributed by atoms with Gasteiger partial charge in [-0.2, -0.15) is 13.2 Å². The maximum atomic E-state index is 13.4. The van der Waals surface area contributed by atoms with Gasteiger partial charge in [-0.3, -0.25) is 9.59 Å². The highest BCUT2D eigenvalue weighted by Gasteiger charge is 2.58. The first-order chi connectivity index (χ1) is 19.1. The molecule has 7 nitrogen and oxygen atoms in total. The number of alkyl halides is 3. The summed E-state index contributed by atoms with van der Waals surface area (Å²) in [5.74, 6) is 1.04. The number of Topliss-reactive ketones (excluding diaryl/α,β-unsaturated/α-hetero) is 1. The van der Waals surface area contributed by atoms with Gasteiger partial charge in [0.2, 0.25) is 5.91 Å². The van der Waals surface area contributed by atoms with Crippen LogP contribution >= 0.6 is 0 Å². The highest BCUT2D eigenvalue weighted by molar-refractivity contribution is 5.83.